The Labute approximate surface area is 133 Å². The van der Waals surface area contributed by atoms with Crippen molar-refractivity contribution >= 4 is 23.6 Å². The number of ether oxygens (including phenoxy) is 1. The number of halogens is 1. The van der Waals surface area contributed by atoms with Crippen LogP contribution in [0.15, 0.2) is 23.5 Å². The normalized spacial score (nSPS) is 19.4. The molecule has 1 saturated heterocycles. The Hall–Kier alpha value is -2.41. The third-order valence-corrected chi connectivity index (χ3v) is 4.24. The fraction of sp³-hybridized carbons (Fsp3) is 0.375. The molecule has 2 heterocycles. The molecular formula is C16H19FN4O2. The van der Waals surface area contributed by atoms with Crippen LogP contribution < -0.4 is 16.0 Å². The Morgan fingerprint density at radius 2 is 2.09 bits per heavy atom. The van der Waals surface area contributed by atoms with Gasteiger partial charge in [0, 0.05) is 11.8 Å². The second kappa shape index (κ2) is 6.37. The summed E-state index contributed by atoms with van der Waals surface area (Å²) < 4.78 is 18.5. The first kappa shape index (κ1) is 15.5. The van der Waals surface area contributed by atoms with Crippen molar-refractivity contribution in [2.45, 2.75) is 12.8 Å². The number of benzene rings is 1. The number of carbonyl (C=O) groups excluding carboxylic acids is 1. The molecule has 0 atom stereocenters. The van der Waals surface area contributed by atoms with E-state index in [9.17, 15) is 9.18 Å². The highest BCUT2D eigenvalue weighted by Gasteiger charge is 2.27. The molecule has 0 bridgehead atoms. The number of hydrogen-bond acceptors (Lipinski definition) is 6. The van der Waals surface area contributed by atoms with Crippen molar-refractivity contribution in [3.05, 3.63) is 34.9 Å². The highest BCUT2D eigenvalue weighted by Crippen LogP contribution is 2.37. The third kappa shape index (κ3) is 2.92. The average molecular weight is 318 g/mol. The van der Waals surface area contributed by atoms with E-state index in [2.05, 4.69) is 16.0 Å². The van der Waals surface area contributed by atoms with Gasteiger partial charge in [0.25, 0.3) is 0 Å². The summed E-state index contributed by atoms with van der Waals surface area (Å²) in [6.45, 7) is 1.81. The largest absolute Gasteiger partial charge is 0.465 e. The van der Waals surface area contributed by atoms with Gasteiger partial charge in [-0.25, -0.2) is 9.18 Å². The van der Waals surface area contributed by atoms with E-state index in [4.69, 9.17) is 10.1 Å². The van der Waals surface area contributed by atoms with Gasteiger partial charge in [0.1, 0.15) is 11.6 Å². The predicted octanol–water partition coefficient (Wildman–Crippen LogP) is 2.31. The van der Waals surface area contributed by atoms with Crippen LogP contribution in [0.25, 0.3) is 0 Å². The lowest BCUT2D eigenvalue weighted by atomic mass is 9.90. The van der Waals surface area contributed by atoms with Gasteiger partial charge in [0.05, 0.1) is 24.0 Å². The average Bonchev–Trinajstić information content (AvgIpc) is 2.98. The van der Waals surface area contributed by atoms with E-state index in [0.717, 1.165) is 37.6 Å². The lowest BCUT2D eigenvalue weighted by molar-refractivity contribution is 0.0601. The Balaban J connectivity index is 1.98. The lowest BCUT2D eigenvalue weighted by Crippen LogP contribution is -2.30. The van der Waals surface area contributed by atoms with E-state index >= 15 is 0 Å². The van der Waals surface area contributed by atoms with Crippen LogP contribution in [0.5, 0.6) is 0 Å². The summed E-state index contributed by atoms with van der Waals surface area (Å²) in [6, 6.07) is 2.47. The number of hydrogen-bond donors (Lipinski definition) is 4. The molecule has 0 saturated carbocycles. The number of allylic oxidation sites excluding steroid dienone is 1. The van der Waals surface area contributed by atoms with Gasteiger partial charge in [0.15, 0.2) is 0 Å². The smallest absolute Gasteiger partial charge is 0.340 e. The minimum Gasteiger partial charge on any atom is -0.465 e. The molecule has 0 aliphatic carbocycles. The molecule has 3 rings (SSSR count). The summed E-state index contributed by atoms with van der Waals surface area (Å²) in [5.74, 6) is -0.227. The zero-order valence-corrected chi connectivity index (χ0v) is 12.8. The molecule has 122 valence electrons. The topological polar surface area (TPSA) is 86.2 Å². The quantitative estimate of drug-likeness (QED) is 0.507. The summed E-state index contributed by atoms with van der Waals surface area (Å²) in [4.78, 5) is 11.8. The number of esters is 1. The van der Waals surface area contributed by atoms with E-state index in [1.807, 2.05) is 0 Å². The van der Waals surface area contributed by atoms with Crippen LogP contribution in [0, 0.1) is 17.1 Å². The van der Waals surface area contributed by atoms with Crippen LogP contribution >= 0.6 is 0 Å². The predicted molar refractivity (Wildman–Crippen MR) is 86.4 cm³/mol. The van der Waals surface area contributed by atoms with Gasteiger partial charge in [-0.3, -0.25) is 0 Å². The number of piperidine rings is 1. The van der Waals surface area contributed by atoms with E-state index < -0.39 is 11.8 Å². The molecule has 1 fully saturated rings. The van der Waals surface area contributed by atoms with Gasteiger partial charge in [-0.1, -0.05) is 0 Å². The number of nitrogens with one attached hydrogen (secondary N) is 4. The summed E-state index contributed by atoms with van der Waals surface area (Å²) >= 11 is 0. The van der Waals surface area contributed by atoms with Crippen LogP contribution in [0.3, 0.4) is 0 Å². The zero-order chi connectivity index (χ0) is 16.4. The molecule has 23 heavy (non-hydrogen) atoms. The van der Waals surface area contributed by atoms with Crippen molar-refractivity contribution < 1.29 is 13.9 Å². The number of carbonyl (C=O) groups is 1. The van der Waals surface area contributed by atoms with Gasteiger partial charge >= 0.3 is 5.97 Å². The fourth-order valence-corrected chi connectivity index (χ4v) is 3.07. The molecule has 1 aromatic rings. The van der Waals surface area contributed by atoms with E-state index in [0.29, 0.717) is 17.2 Å². The molecule has 7 heteroatoms. The number of rotatable bonds is 3. The zero-order valence-electron chi connectivity index (χ0n) is 12.8. The summed E-state index contributed by atoms with van der Waals surface area (Å²) in [5, 5.41) is 17.2. The third-order valence-electron chi connectivity index (χ3n) is 4.24. The summed E-state index contributed by atoms with van der Waals surface area (Å²) in [7, 11) is 1.26. The van der Waals surface area contributed by atoms with Gasteiger partial charge in [-0.2, -0.15) is 0 Å². The Kier molecular flexibility index (Phi) is 4.29. The van der Waals surface area contributed by atoms with Gasteiger partial charge < -0.3 is 26.1 Å². The Morgan fingerprint density at radius 3 is 2.74 bits per heavy atom. The molecule has 2 aliphatic rings. The van der Waals surface area contributed by atoms with Crippen molar-refractivity contribution in [2.75, 3.05) is 30.8 Å². The molecule has 6 nitrogen and oxygen atoms in total. The van der Waals surface area contributed by atoms with Crippen molar-refractivity contribution in [1.29, 1.82) is 5.41 Å². The van der Waals surface area contributed by atoms with Crippen molar-refractivity contribution in [3.63, 3.8) is 0 Å². The van der Waals surface area contributed by atoms with E-state index in [-0.39, 0.29) is 11.5 Å². The van der Waals surface area contributed by atoms with E-state index in [1.54, 1.807) is 0 Å². The highest BCUT2D eigenvalue weighted by atomic mass is 19.1. The highest BCUT2D eigenvalue weighted by molar-refractivity contribution is 6.02. The second-order valence-corrected chi connectivity index (χ2v) is 5.62. The molecule has 0 radical (unpaired) electrons. The maximum atomic E-state index is 13.7. The molecular weight excluding hydrogens is 299 g/mol. The van der Waals surface area contributed by atoms with Crippen LogP contribution in [0.1, 0.15) is 23.2 Å². The molecule has 0 spiro atoms. The summed E-state index contributed by atoms with van der Waals surface area (Å²) in [5.41, 5.74) is 1.94. The molecule has 0 unspecified atom stereocenters. The maximum absolute atomic E-state index is 13.7. The molecule has 1 aromatic carbocycles. The Bertz CT molecular complexity index is 681. The van der Waals surface area contributed by atoms with Crippen LogP contribution in [-0.2, 0) is 4.74 Å². The van der Waals surface area contributed by atoms with Crippen molar-refractivity contribution in [3.8, 4) is 0 Å². The van der Waals surface area contributed by atoms with Crippen LogP contribution in [0.2, 0.25) is 0 Å². The minimum atomic E-state index is -0.602. The number of fused-ring (bicyclic) bond motifs is 1. The summed E-state index contributed by atoms with van der Waals surface area (Å²) in [6.07, 6.45) is 3.20. The van der Waals surface area contributed by atoms with Crippen molar-refractivity contribution in [1.82, 2.24) is 5.32 Å². The standard InChI is InChI=1S/C16H19FN4O2/c1-23-16(22)11-6-10(17)7-13-14(11)21-15(20-13)12(8-18)9-2-4-19-5-3-9/h6-9,18-21H,2-5H2,1H3/b15-12+,18-8?. The number of anilines is 2. The van der Waals surface area contributed by atoms with Crippen LogP contribution in [0.4, 0.5) is 15.8 Å². The van der Waals surface area contributed by atoms with E-state index in [1.165, 1.54) is 19.4 Å². The van der Waals surface area contributed by atoms with Crippen molar-refractivity contribution in [2.24, 2.45) is 5.92 Å². The monoisotopic (exact) mass is 318 g/mol. The first-order valence-corrected chi connectivity index (χ1v) is 7.55. The van der Waals surface area contributed by atoms with Gasteiger partial charge in [-0.15, -0.1) is 0 Å². The second-order valence-electron chi connectivity index (χ2n) is 5.62. The first-order chi connectivity index (χ1) is 11.1. The molecule has 4 N–H and O–H groups in total. The SMILES string of the molecule is COC(=O)c1cc(F)cc2c1N/C(=C(\C=N)C1CCNCC1)N2. The lowest BCUT2D eigenvalue weighted by Gasteiger charge is -2.24. The molecule has 2 aliphatic heterocycles. The Morgan fingerprint density at radius 1 is 1.35 bits per heavy atom. The fourth-order valence-electron chi connectivity index (χ4n) is 3.07. The van der Waals surface area contributed by atoms with Gasteiger partial charge in [0.2, 0.25) is 0 Å². The van der Waals surface area contributed by atoms with Crippen LogP contribution in [-0.4, -0.2) is 32.4 Å². The first-order valence-electron chi connectivity index (χ1n) is 7.55. The molecule has 0 amide bonds. The minimum absolute atomic E-state index is 0.139. The maximum Gasteiger partial charge on any atom is 0.340 e. The van der Waals surface area contributed by atoms with Gasteiger partial charge in [-0.05, 0) is 44.0 Å². The number of methoxy groups -OCH3 is 1. The molecule has 0 aromatic heterocycles.